The van der Waals surface area contributed by atoms with E-state index < -0.39 is 6.10 Å². The van der Waals surface area contributed by atoms with Crippen LogP contribution in [0.4, 0.5) is 0 Å². The molecule has 0 amide bonds. The fourth-order valence-corrected chi connectivity index (χ4v) is 2.23. The third kappa shape index (κ3) is 2.40. The van der Waals surface area contributed by atoms with Crippen molar-refractivity contribution in [1.82, 2.24) is 0 Å². The van der Waals surface area contributed by atoms with Gasteiger partial charge in [-0.3, -0.25) is 4.79 Å². The highest BCUT2D eigenvalue weighted by Crippen LogP contribution is 2.61. The van der Waals surface area contributed by atoms with Gasteiger partial charge < -0.3 is 9.84 Å². The number of hydrogen-bond acceptors (Lipinski definition) is 4. The minimum atomic E-state index is -0.976. The van der Waals surface area contributed by atoms with Gasteiger partial charge >= 0.3 is 5.97 Å². The van der Waals surface area contributed by atoms with Gasteiger partial charge in [-0.25, -0.2) is 0 Å². The van der Waals surface area contributed by atoms with Gasteiger partial charge in [-0.1, -0.05) is 33.1 Å². The summed E-state index contributed by atoms with van der Waals surface area (Å²) >= 11 is 0. The van der Waals surface area contributed by atoms with E-state index in [1.54, 1.807) is 0 Å². The fourth-order valence-electron chi connectivity index (χ4n) is 2.23. The number of hydrogen-bond donors (Lipinski definition) is 1. The molecule has 0 heterocycles. The lowest BCUT2D eigenvalue weighted by molar-refractivity contribution is -0.145. The van der Waals surface area contributed by atoms with E-state index in [2.05, 4.69) is 13.2 Å². The lowest BCUT2D eigenvalue weighted by Gasteiger charge is -2.08. The van der Waals surface area contributed by atoms with Crippen LogP contribution in [0, 0.1) is 28.6 Å². The Hall–Kier alpha value is -1.60. The summed E-state index contributed by atoms with van der Waals surface area (Å²) in [6.07, 6.45) is 0.517. The molecule has 0 bridgehead atoms. The standard InChI is InChI=1S/C13H17NO3/c1-5-6-17-12(16)10-9(13(10,3)4)11(15)8(2)7-14/h5,9-11,15H,1-2,6H2,3-4H3. The molecule has 1 fully saturated rings. The van der Waals surface area contributed by atoms with Crippen LogP contribution in [0.25, 0.3) is 0 Å². The first kappa shape index (κ1) is 13.5. The minimum Gasteiger partial charge on any atom is -0.461 e. The van der Waals surface area contributed by atoms with Gasteiger partial charge in [-0.05, 0) is 5.41 Å². The summed E-state index contributed by atoms with van der Waals surface area (Å²) < 4.78 is 4.96. The molecule has 0 aromatic heterocycles. The molecule has 0 saturated heterocycles. The van der Waals surface area contributed by atoms with Crippen molar-refractivity contribution in [1.29, 1.82) is 5.26 Å². The van der Waals surface area contributed by atoms with Crippen molar-refractivity contribution < 1.29 is 14.6 Å². The number of esters is 1. The van der Waals surface area contributed by atoms with Crippen LogP contribution >= 0.6 is 0 Å². The highest BCUT2D eigenvalue weighted by Gasteiger charge is 2.65. The Morgan fingerprint density at radius 2 is 2.29 bits per heavy atom. The normalized spacial score (nSPS) is 26.5. The van der Waals surface area contributed by atoms with E-state index in [4.69, 9.17) is 10.00 Å². The second kappa shape index (κ2) is 4.72. The average molecular weight is 235 g/mol. The Bertz CT molecular complexity index is 392. The second-order valence-corrected chi connectivity index (χ2v) is 4.83. The first-order valence-corrected chi connectivity index (χ1v) is 5.42. The van der Waals surface area contributed by atoms with E-state index in [0.717, 1.165) is 0 Å². The first-order chi connectivity index (χ1) is 7.87. The van der Waals surface area contributed by atoms with Crippen molar-refractivity contribution in [2.75, 3.05) is 6.61 Å². The van der Waals surface area contributed by atoms with E-state index >= 15 is 0 Å². The predicted molar refractivity (Wildman–Crippen MR) is 62.7 cm³/mol. The van der Waals surface area contributed by atoms with Crippen LogP contribution in [-0.4, -0.2) is 23.8 Å². The molecule has 17 heavy (non-hydrogen) atoms. The Morgan fingerprint density at radius 3 is 2.76 bits per heavy atom. The zero-order valence-electron chi connectivity index (χ0n) is 10.1. The number of carbonyl (C=O) groups is 1. The van der Waals surface area contributed by atoms with Crippen molar-refractivity contribution >= 4 is 5.97 Å². The number of rotatable bonds is 5. The van der Waals surface area contributed by atoms with Crippen LogP contribution in [0.3, 0.4) is 0 Å². The number of ether oxygens (including phenoxy) is 1. The molecular formula is C13H17NO3. The van der Waals surface area contributed by atoms with E-state index in [1.165, 1.54) is 6.08 Å². The molecule has 0 radical (unpaired) electrons. The summed E-state index contributed by atoms with van der Waals surface area (Å²) in [6.45, 7) is 10.8. The van der Waals surface area contributed by atoms with Crippen molar-refractivity contribution in [3.63, 3.8) is 0 Å². The number of nitriles is 1. The van der Waals surface area contributed by atoms with Crippen molar-refractivity contribution in [2.24, 2.45) is 17.3 Å². The van der Waals surface area contributed by atoms with E-state index in [0.29, 0.717) is 0 Å². The molecule has 3 unspecified atom stereocenters. The molecule has 0 aromatic carbocycles. The molecule has 0 aromatic rings. The SMILES string of the molecule is C=CCOC(=O)C1C(C(O)C(=C)C#N)C1(C)C. The summed E-state index contributed by atoms with van der Waals surface area (Å²) in [7, 11) is 0. The molecule has 1 rings (SSSR count). The monoisotopic (exact) mass is 235 g/mol. The molecule has 1 aliphatic rings. The second-order valence-electron chi connectivity index (χ2n) is 4.83. The zero-order chi connectivity index (χ0) is 13.2. The van der Waals surface area contributed by atoms with Crippen LogP contribution in [0.2, 0.25) is 0 Å². The van der Waals surface area contributed by atoms with E-state index in [9.17, 15) is 9.90 Å². The molecule has 0 spiro atoms. The summed E-state index contributed by atoms with van der Waals surface area (Å²) in [5.74, 6) is -1.04. The van der Waals surface area contributed by atoms with Gasteiger partial charge in [-0.15, -0.1) is 0 Å². The molecule has 92 valence electrons. The molecule has 1 saturated carbocycles. The maximum Gasteiger partial charge on any atom is 0.310 e. The zero-order valence-corrected chi connectivity index (χ0v) is 10.1. The lowest BCUT2D eigenvalue weighted by atomic mass is 10.0. The molecule has 1 N–H and O–H groups in total. The first-order valence-electron chi connectivity index (χ1n) is 5.42. The van der Waals surface area contributed by atoms with Crippen molar-refractivity contribution in [2.45, 2.75) is 20.0 Å². The number of nitrogens with zero attached hydrogens (tertiary/aromatic N) is 1. The summed E-state index contributed by atoms with van der Waals surface area (Å²) in [5, 5.41) is 18.6. The number of carbonyl (C=O) groups excluding carboxylic acids is 1. The molecule has 4 heteroatoms. The smallest absolute Gasteiger partial charge is 0.310 e. The van der Waals surface area contributed by atoms with E-state index in [-0.39, 0.29) is 35.4 Å². The Balaban J connectivity index is 2.71. The maximum atomic E-state index is 11.7. The Morgan fingerprint density at radius 1 is 1.71 bits per heavy atom. The van der Waals surface area contributed by atoms with Gasteiger partial charge in [0.05, 0.1) is 23.7 Å². The van der Waals surface area contributed by atoms with E-state index in [1.807, 2.05) is 19.9 Å². The predicted octanol–water partition coefficient (Wildman–Crippen LogP) is 1.43. The quantitative estimate of drug-likeness (QED) is 0.444. The number of aliphatic hydroxyl groups excluding tert-OH is 1. The van der Waals surface area contributed by atoms with Crippen LogP contribution in [0.15, 0.2) is 24.8 Å². The van der Waals surface area contributed by atoms with Crippen LogP contribution < -0.4 is 0 Å². The summed E-state index contributed by atoms with van der Waals surface area (Å²) in [5.41, 5.74) is -0.278. The largest absolute Gasteiger partial charge is 0.461 e. The molecular weight excluding hydrogens is 218 g/mol. The van der Waals surface area contributed by atoms with Gasteiger partial charge in [0.1, 0.15) is 6.61 Å². The molecule has 0 aliphatic heterocycles. The minimum absolute atomic E-state index is 0.0853. The van der Waals surface area contributed by atoms with Gasteiger partial charge in [0.2, 0.25) is 0 Å². The van der Waals surface area contributed by atoms with Crippen molar-refractivity contribution in [3.05, 3.63) is 24.8 Å². The third-order valence-corrected chi connectivity index (χ3v) is 3.35. The van der Waals surface area contributed by atoms with Gasteiger partial charge in [0.25, 0.3) is 0 Å². The maximum absolute atomic E-state index is 11.7. The fraction of sp³-hybridized carbons (Fsp3) is 0.538. The Kier molecular flexibility index (Phi) is 3.74. The lowest BCUT2D eigenvalue weighted by Crippen LogP contribution is -2.17. The summed E-state index contributed by atoms with van der Waals surface area (Å²) in [6, 6.07) is 1.81. The van der Waals surface area contributed by atoms with Gasteiger partial charge in [0, 0.05) is 5.92 Å². The summed E-state index contributed by atoms with van der Waals surface area (Å²) in [4.78, 5) is 11.7. The third-order valence-electron chi connectivity index (χ3n) is 3.35. The van der Waals surface area contributed by atoms with Crippen LogP contribution in [-0.2, 0) is 9.53 Å². The van der Waals surface area contributed by atoms with Crippen molar-refractivity contribution in [3.8, 4) is 6.07 Å². The average Bonchev–Trinajstić information content (AvgIpc) is 2.87. The molecule has 1 aliphatic carbocycles. The highest BCUT2D eigenvalue weighted by atomic mass is 16.5. The molecule has 3 atom stereocenters. The van der Waals surface area contributed by atoms with Gasteiger partial charge in [0.15, 0.2) is 0 Å². The van der Waals surface area contributed by atoms with Crippen LogP contribution in [0.5, 0.6) is 0 Å². The molecule has 4 nitrogen and oxygen atoms in total. The topological polar surface area (TPSA) is 70.3 Å². The number of aliphatic hydroxyl groups is 1. The van der Waals surface area contributed by atoms with Crippen LogP contribution in [0.1, 0.15) is 13.8 Å². The highest BCUT2D eigenvalue weighted by molar-refractivity contribution is 5.78. The Labute approximate surface area is 101 Å². The van der Waals surface area contributed by atoms with Gasteiger partial charge in [-0.2, -0.15) is 5.26 Å².